The minimum absolute atomic E-state index is 0.0419. The Bertz CT molecular complexity index is 324. The van der Waals surface area contributed by atoms with Crippen LogP contribution >= 0.6 is 23.2 Å². The predicted octanol–water partition coefficient (Wildman–Crippen LogP) is 3.27. The lowest BCUT2D eigenvalue weighted by atomic mass is 10.2. The lowest BCUT2D eigenvalue weighted by Crippen LogP contribution is -2.06. The summed E-state index contributed by atoms with van der Waals surface area (Å²) < 4.78 is 5.44. The largest absolute Gasteiger partial charge is 0.489 e. The van der Waals surface area contributed by atoms with Crippen LogP contribution in [0.1, 0.15) is 19.4 Å². The van der Waals surface area contributed by atoms with Gasteiger partial charge in [0, 0.05) is 10.6 Å². The van der Waals surface area contributed by atoms with Gasteiger partial charge in [-0.05, 0) is 26.0 Å². The van der Waals surface area contributed by atoms with Crippen LogP contribution in [-0.2, 0) is 6.61 Å². The molecule has 0 unspecified atom stereocenters. The molecule has 2 nitrogen and oxygen atoms in total. The standard InChI is InChI=1S/C10H12Cl2O2/c1-6(2)14-9-4-3-8(11)7(5-13)10(9)12/h3-4,6,13H,5H2,1-2H3. The van der Waals surface area contributed by atoms with Gasteiger partial charge in [0.05, 0.1) is 17.7 Å². The number of aliphatic hydroxyl groups is 1. The van der Waals surface area contributed by atoms with E-state index in [0.717, 1.165) is 0 Å². The fourth-order valence-corrected chi connectivity index (χ4v) is 1.60. The normalized spacial score (nSPS) is 10.7. The van der Waals surface area contributed by atoms with Gasteiger partial charge < -0.3 is 9.84 Å². The maximum atomic E-state index is 9.03. The van der Waals surface area contributed by atoms with Gasteiger partial charge in [-0.15, -0.1) is 0 Å². The molecule has 78 valence electrons. The summed E-state index contributed by atoms with van der Waals surface area (Å²) in [5.74, 6) is 0.551. The SMILES string of the molecule is CC(C)Oc1ccc(Cl)c(CO)c1Cl. The second kappa shape index (κ2) is 4.87. The smallest absolute Gasteiger partial charge is 0.138 e. The minimum Gasteiger partial charge on any atom is -0.489 e. The van der Waals surface area contributed by atoms with Crippen LogP contribution in [0.4, 0.5) is 0 Å². The van der Waals surface area contributed by atoms with E-state index in [2.05, 4.69) is 0 Å². The number of halogens is 2. The van der Waals surface area contributed by atoms with E-state index in [0.29, 0.717) is 21.4 Å². The van der Waals surface area contributed by atoms with E-state index < -0.39 is 0 Å². The van der Waals surface area contributed by atoms with Crippen LogP contribution in [0.5, 0.6) is 5.75 Å². The zero-order valence-electron chi connectivity index (χ0n) is 8.05. The van der Waals surface area contributed by atoms with Crippen molar-refractivity contribution in [2.75, 3.05) is 0 Å². The van der Waals surface area contributed by atoms with E-state index in [1.165, 1.54) is 0 Å². The molecule has 0 saturated heterocycles. The van der Waals surface area contributed by atoms with Crippen LogP contribution in [0.3, 0.4) is 0 Å². The Balaban J connectivity index is 3.08. The lowest BCUT2D eigenvalue weighted by Gasteiger charge is -2.13. The highest BCUT2D eigenvalue weighted by Crippen LogP contribution is 2.33. The van der Waals surface area contributed by atoms with E-state index in [1.54, 1.807) is 12.1 Å². The van der Waals surface area contributed by atoms with Crippen LogP contribution in [0.2, 0.25) is 10.0 Å². The summed E-state index contributed by atoms with van der Waals surface area (Å²) in [4.78, 5) is 0. The molecule has 1 aromatic carbocycles. The number of benzene rings is 1. The monoisotopic (exact) mass is 234 g/mol. The number of ether oxygens (including phenoxy) is 1. The molecule has 0 heterocycles. The summed E-state index contributed by atoms with van der Waals surface area (Å²) in [6, 6.07) is 3.36. The van der Waals surface area contributed by atoms with Gasteiger partial charge >= 0.3 is 0 Å². The maximum Gasteiger partial charge on any atom is 0.138 e. The maximum absolute atomic E-state index is 9.03. The third-order valence-electron chi connectivity index (χ3n) is 1.67. The first kappa shape index (κ1) is 11.6. The van der Waals surface area contributed by atoms with Gasteiger partial charge in [-0.2, -0.15) is 0 Å². The first-order valence-electron chi connectivity index (χ1n) is 4.30. The number of aliphatic hydroxyl groups excluding tert-OH is 1. The zero-order chi connectivity index (χ0) is 10.7. The quantitative estimate of drug-likeness (QED) is 0.871. The van der Waals surface area contributed by atoms with Crippen molar-refractivity contribution in [3.05, 3.63) is 27.7 Å². The van der Waals surface area contributed by atoms with Gasteiger partial charge in [0.2, 0.25) is 0 Å². The number of rotatable bonds is 3. The van der Waals surface area contributed by atoms with E-state index in [9.17, 15) is 0 Å². The van der Waals surface area contributed by atoms with Gasteiger partial charge in [-0.25, -0.2) is 0 Å². The lowest BCUT2D eigenvalue weighted by molar-refractivity contribution is 0.240. The average molecular weight is 235 g/mol. The Hall–Kier alpha value is -0.440. The molecule has 0 saturated carbocycles. The third-order valence-corrected chi connectivity index (χ3v) is 2.44. The molecule has 1 rings (SSSR count). The highest BCUT2D eigenvalue weighted by molar-refractivity contribution is 6.36. The fraction of sp³-hybridized carbons (Fsp3) is 0.400. The van der Waals surface area contributed by atoms with E-state index in [4.69, 9.17) is 33.0 Å². The summed E-state index contributed by atoms with van der Waals surface area (Å²) in [7, 11) is 0. The van der Waals surface area contributed by atoms with Crippen LogP contribution in [0.25, 0.3) is 0 Å². The molecule has 14 heavy (non-hydrogen) atoms. The van der Waals surface area contributed by atoms with Gasteiger partial charge in [-0.3, -0.25) is 0 Å². The zero-order valence-corrected chi connectivity index (χ0v) is 9.56. The third kappa shape index (κ3) is 2.53. The molecule has 0 atom stereocenters. The van der Waals surface area contributed by atoms with E-state index >= 15 is 0 Å². The van der Waals surface area contributed by atoms with Crippen molar-refractivity contribution < 1.29 is 9.84 Å². The Morgan fingerprint density at radius 2 is 2.00 bits per heavy atom. The summed E-state index contributed by atoms with van der Waals surface area (Å²) in [6.45, 7) is 3.63. The molecular weight excluding hydrogens is 223 g/mol. The van der Waals surface area contributed by atoms with Crippen LogP contribution in [-0.4, -0.2) is 11.2 Å². The van der Waals surface area contributed by atoms with Gasteiger partial charge in [0.25, 0.3) is 0 Å². The van der Waals surface area contributed by atoms with Crippen molar-refractivity contribution in [1.82, 2.24) is 0 Å². The van der Waals surface area contributed by atoms with Gasteiger partial charge in [-0.1, -0.05) is 23.2 Å². The Morgan fingerprint density at radius 1 is 1.36 bits per heavy atom. The van der Waals surface area contributed by atoms with Crippen LogP contribution in [0.15, 0.2) is 12.1 Å². The Kier molecular flexibility index (Phi) is 4.05. The average Bonchev–Trinajstić information content (AvgIpc) is 2.10. The molecule has 0 aliphatic heterocycles. The first-order valence-corrected chi connectivity index (χ1v) is 5.06. The van der Waals surface area contributed by atoms with Crippen molar-refractivity contribution in [2.45, 2.75) is 26.6 Å². The first-order chi connectivity index (χ1) is 6.56. The molecule has 0 fully saturated rings. The second-order valence-electron chi connectivity index (χ2n) is 3.16. The minimum atomic E-state index is -0.188. The van der Waals surface area contributed by atoms with Gasteiger partial charge in [0.1, 0.15) is 5.75 Å². The molecule has 0 spiro atoms. The second-order valence-corrected chi connectivity index (χ2v) is 3.95. The predicted molar refractivity (Wildman–Crippen MR) is 58.1 cm³/mol. The highest BCUT2D eigenvalue weighted by Gasteiger charge is 2.11. The molecule has 4 heteroatoms. The number of hydrogen-bond acceptors (Lipinski definition) is 2. The van der Waals surface area contributed by atoms with Crippen LogP contribution in [0, 0.1) is 0 Å². The molecule has 1 aromatic rings. The molecular formula is C10H12Cl2O2. The molecule has 0 amide bonds. The fourth-order valence-electron chi connectivity index (χ4n) is 1.07. The van der Waals surface area contributed by atoms with E-state index in [1.807, 2.05) is 13.8 Å². The summed E-state index contributed by atoms with van der Waals surface area (Å²) >= 11 is 11.8. The summed E-state index contributed by atoms with van der Waals surface area (Å²) in [5.41, 5.74) is 0.506. The Labute approximate surface area is 93.4 Å². The molecule has 0 aromatic heterocycles. The van der Waals surface area contributed by atoms with Crippen LogP contribution < -0.4 is 4.74 Å². The molecule has 0 aliphatic rings. The molecule has 1 N–H and O–H groups in total. The number of hydrogen-bond donors (Lipinski definition) is 1. The molecule has 0 bridgehead atoms. The van der Waals surface area contributed by atoms with Gasteiger partial charge in [0.15, 0.2) is 0 Å². The van der Waals surface area contributed by atoms with Crippen molar-refractivity contribution in [3.63, 3.8) is 0 Å². The van der Waals surface area contributed by atoms with Crippen molar-refractivity contribution >= 4 is 23.2 Å². The van der Waals surface area contributed by atoms with Crippen molar-refractivity contribution in [1.29, 1.82) is 0 Å². The molecule has 0 radical (unpaired) electrons. The summed E-state index contributed by atoms with van der Waals surface area (Å²) in [6.07, 6.45) is 0.0419. The Morgan fingerprint density at radius 3 is 2.50 bits per heavy atom. The highest BCUT2D eigenvalue weighted by atomic mass is 35.5. The summed E-state index contributed by atoms with van der Waals surface area (Å²) in [5, 5.41) is 9.87. The van der Waals surface area contributed by atoms with E-state index in [-0.39, 0.29) is 12.7 Å². The van der Waals surface area contributed by atoms with Crippen molar-refractivity contribution in [2.24, 2.45) is 0 Å². The van der Waals surface area contributed by atoms with Crippen molar-refractivity contribution in [3.8, 4) is 5.75 Å². The molecule has 0 aliphatic carbocycles. The topological polar surface area (TPSA) is 29.5 Å².